The van der Waals surface area contributed by atoms with Crippen LogP contribution in [-0.2, 0) is 9.53 Å². The Hall–Kier alpha value is -2.39. The van der Waals surface area contributed by atoms with Gasteiger partial charge >= 0.3 is 12.0 Å². The van der Waals surface area contributed by atoms with Gasteiger partial charge in [0.05, 0.1) is 18.2 Å². The number of nitrogens with one attached hydrogen (secondary N) is 2. The average molecular weight is 390 g/mol. The number of hydrogen-bond donors (Lipinski definition) is 2. The van der Waals surface area contributed by atoms with Gasteiger partial charge in [0.2, 0.25) is 0 Å². The van der Waals surface area contributed by atoms with Crippen molar-refractivity contribution in [2.24, 2.45) is 0 Å². The Kier molecular flexibility index (Phi) is 5.89. The predicted octanol–water partition coefficient (Wildman–Crippen LogP) is 2.81. The second-order valence-electron chi connectivity index (χ2n) is 5.43. The van der Waals surface area contributed by atoms with Gasteiger partial charge in [-0.15, -0.1) is 10.2 Å². The molecule has 1 atom stereocenters. The number of thioether (sulfide) groups is 1. The van der Waals surface area contributed by atoms with E-state index < -0.39 is 12.0 Å². The number of nitrogens with zero attached hydrogens (tertiary/aromatic N) is 2. The molecule has 2 heterocycles. The number of urea groups is 1. The third-order valence-corrected chi connectivity index (χ3v) is 5.63. The first kappa shape index (κ1) is 18.4. The van der Waals surface area contributed by atoms with Crippen molar-refractivity contribution in [3.63, 3.8) is 0 Å². The van der Waals surface area contributed by atoms with E-state index in [1.807, 2.05) is 37.3 Å². The first-order chi connectivity index (χ1) is 12.6. The maximum absolute atomic E-state index is 12.6. The lowest BCUT2D eigenvalue weighted by atomic mass is 9.95. The van der Waals surface area contributed by atoms with Gasteiger partial charge in [-0.3, -0.25) is 0 Å². The number of benzene rings is 1. The van der Waals surface area contributed by atoms with E-state index in [-0.39, 0.29) is 12.6 Å². The van der Waals surface area contributed by atoms with Crippen LogP contribution in [0.2, 0.25) is 0 Å². The van der Waals surface area contributed by atoms with Crippen LogP contribution in [0.25, 0.3) is 0 Å². The number of aryl methyl sites for hydroxylation is 1. The van der Waals surface area contributed by atoms with Crippen molar-refractivity contribution in [3.8, 4) is 0 Å². The predicted molar refractivity (Wildman–Crippen MR) is 99.9 cm³/mol. The number of carbonyl (C=O) groups is 2. The van der Waals surface area contributed by atoms with Crippen molar-refractivity contribution in [1.82, 2.24) is 20.8 Å². The van der Waals surface area contributed by atoms with E-state index in [1.165, 1.54) is 23.1 Å². The van der Waals surface area contributed by atoms with Crippen molar-refractivity contribution < 1.29 is 14.3 Å². The van der Waals surface area contributed by atoms with E-state index in [1.54, 1.807) is 6.92 Å². The Morgan fingerprint density at radius 3 is 2.73 bits per heavy atom. The molecule has 1 aliphatic rings. The second kappa shape index (κ2) is 8.33. The van der Waals surface area contributed by atoms with Gasteiger partial charge < -0.3 is 15.4 Å². The highest BCUT2D eigenvalue weighted by atomic mass is 32.2. The molecule has 0 spiro atoms. The molecule has 26 heavy (non-hydrogen) atoms. The van der Waals surface area contributed by atoms with E-state index in [2.05, 4.69) is 20.8 Å². The molecular formula is C17H18N4O3S2. The van der Waals surface area contributed by atoms with Gasteiger partial charge in [0.25, 0.3) is 0 Å². The monoisotopic (exact) mass is 390 g/mol. The molecule has 2 amide bonds. The number of aromatic nitrogens is 2. The minimum atomic E-state index is -0.559. The average Bonchev–Trinajstić information content (AvgIpc) is 3.05. The first-order valence-electron chi connectivity index (χ1n) is 8.04. The zero-order chi connectivity index (χ0) is 18.5. The Bertz CT molecular complexity index is 836. The third kappa shape index (κ3) is 4.23. The molecule has 1 aromatic heterocycles. The van der Waals surface area contributed by atoms with Crippen LogP contribution in [0.4, 0.5) is 4.79 Å². The van der Waals surface area contributed by atoms with Gasteiger partial charge in [-0.1, -0.05) is 53.4 Å². The lowest BCUT2D eigenvalue weighted by molar-refractivity contribution is -0.139. The molecule has 0 fully saturated rings. The highest BCUT2D eigenvalue weighted by molar-refractivity contribution is 8.01. The Labute approximate surface area is 159 Å². The fourth-order valence-corrected chi connectivity index (χ4v) is 4.33. The molecule has 0 unspecified atom stereocenters. The molecule has 0 saturated carbocycles. The van der Waals surface area contributed by atoms with Crippen LogP contribution in [0.3, 0.4) is 0 Å². The van der Waals surface area contributed by atoms with E-state index in [0.29, 0.717) is 17.0 Å². The fraction of sp³-hybridized carbons (Fsp3) is 0.294. The summed E-state index contributed by atoms with van der Waals surface area (Å²) in [6.45, 7) is 3.89. The SMILES string of the molecule is CCOC(=O)C1=C(CSc2nnc(C)s2)NC(=O)N[C@@H]1c1ccccc1. The molecular weight excluding hydrogens is 372 g/mol. The van der Waals surface area contributed by atoms with Crippen LogP contribution in [0.5, 0.6) is 0 Å². The zero-order valence-electron chi connectivity index (χ0n) is 14.3. The Morgan fingerprint density at radius 1 is 1.31 bits per heavy atom. The zero-order valence-corrected chi connectivity index (χ0v) is 15.9. The van der Waals surface area contributed by atoms with Crippen molar-refractivity contribution >= 4 is 35.1 Å². The van der Waals surface area contributed by atoms with Crippen molar-refractivity contribution in [1.29, 1.82) is 0 Å². The molecule has 1 aromatic carbocycles. The van der Waals surface area contributed by atoms with Crippen LogP contribution < -0.4 is 10.6 Å². The van der Waals surface area contributed by atoms with Crippen LogP contribution in [0.1, 0.15) is 23.5 Å². The fourth-order valence-electron chi connectivity index (χ4n) is 2.55. The molecule has 7 nitrogen and oxygen atoms in total. The number of amides is 2. The van der Waals surface area contributed by atoms with E-state index in [4.69, 9.17) is 4.74 Å². The summed E-state index contributed by atoms with van der Waals surface area (Å²) in [5, 5.41) is 14.5. The molecule has 3 rings (SSSR count). The molecule has 0 saturated heterocycles. The highest BCUT2D eigenvalue weighted by Gasteiger charge is 2.33. The molecule has 136 valence electrons. The summed E-state index contributed by atoms with van der Waals surface area (Å²) in [7, 11) is 0. The Balaban J connectivity index is 1.95. The first-order valence-corrected chi connectivity index (χ1v) is 9.84. The van der Waals surface area contributed by atoms with Gasteiger partial charge in [-0.25, -0.2) is 9.59 Å². The number of rotatable bonds is 6. The molecule has 1 aliphatic heterocycles. The molecule has 0 radical (unpaired) electrons. The lowest BCUT2D eigenvalue weighted by Gasteiger charge is -2.29. The van der Waals surface area contributed by atoms with Crippen LogP contribution >= 0.6 is 23.1 Å². The summed E-state index contributed by atoms with van der Waals surface area (Å²) < 4.78 is 6.01. The normalized spacial score (nSPS) is 16.8. The molecule has 2 aromatic rings. The lowest BCUT2D eigenvalue weighted by Crippen LogP contribution is -2.46. The van der Waals surface area contributed by atoms with Crippen LogP contribution in [-0.4, -0.2) is 34.6 Å². The molecule has 0 aliphatic carbocycles. The van der Waals surface area contributed by atoms with Crippen LogP contribution in [0.15, 0.2) is 45.9 Å². The molecule has 9 heteroatoms. The maximum atomic E-state index is 12.6. The summed E-state index contributed by atoms with van der Waals surface area (Å²) in [5.74, 6) is -0.0580. The van der Waals surface area contributed by atoms with Gasteiger partial charge in [0.15, 0.2) is 4.34 Å². The van der Waals surface area contributed by atoms with E-state index in [9.17, 15) is 9.59 Å². The summed E-state index contributed by atoms with van der Waals surface area (Å²) in [6.07, 6.45) is 0. The summed E-state index contributed by atoms with van der Waals surface area (Å²) in [4.78, 5) is 24.8. The molecule has 0 bridgehead atoms. The Morgan fingerprint density at radius 2 is 2.08 bits per heavy atom. The van der Waals surface area contributed by atoms with Crippen LogP contribution in [0, 0.1) is 6.92 Å². The quantitative estimate of drug-likeness (QED) is 0.582. The summed E-state index contributed by atoms with van der Waals surface area (Å²) >= 11 is 2.89. The second-order valence-corrected chi connectivity index (χ2v) is 7.83. The third-order valence-electron chi connectivity index (χ3n) is 3.63. The van der Waals surface area contributed by atoms with Gasteiger partial charge in [-0.05, 0) is 19.4 Å². The van der Waals surface area contributed by atoms with Gasteiger partial charge in [0.1, 0.15) is 5.01 Å². The standard InChI is InChI=1S/C17H18N4O3S2/c1-3-24-15(22)13-12(9-25-17-21-20-10(2)26-17)18-16(23)19-14(13)11-7-5-4-6-8-11/h4-8,14H,3,9H2,1-2H3,(H2,18,19,23)/t14-/m1/s1. The number of esters is 1. The van der Waals surface area contributed by atoms with Gasteiger partial charge in [0, 0.05) is 11.4 Å². The van der Waals surface area contributed by atoms with Crippen molar-refractivity contribution in [3.05, 3.63) is 52.2 Å². The highest BCUT2D eigenvalue weighted by Crippen LogP contribution is 2.31. The number of hydrogen-bond acceptors (Lipinski definition) is 7. The van der Waals surface area contributed by atoms with E-state index >= 15 is 0 Å². The number of ether oxygens (including phenoxy) is 1. The minimum absolute atomic E-state index is 0.258. The largest absolute Gasteiger partial charge is 0.463 e. The van der Waals surface area contributed by atoms with Gasteiger partial charge in [-0.2, -0.15) is 0 Å². The summed E-state index contributed by atoms with van der Waals surface area (Å²) in [5.41, 5.74) is 1.75. The van der Waals surface area contributed by atoms with E-state index in [0.717, 1.165) is 14.9 Å². The maximum Gasteiger partial charge on any atom is 0.338 e. The molecule has 2 N–H and O–H groups in total. The topological polar surface area (TPSA) is 93.2 Å². The number of carbonyl (C=O) groups excluding carboxylic acids is 2. The van der Waals surface area contributed by atoms with Crippen molar-refractivity contribution in [2.45, 2.75) is 24.2 Å². The minimum Gasteiger partial charge on any atom is -0.463 e. The smallest absolute Gasteiger partial charge is 0.338 e. The summed E-state index contributed by atoms with van der Waals surface area (Å²) in [6, 6.07) is 8.44. The van der Waals surface area contributed by atoms with Crippen molar-refractivity contribution in [2.75, 3.05) is 12.4 Å².